The molecule has 0 aromatic heterocycles. The van der Waals surface area contributed by atoms with Gasteiger partial charge in [0.2, 0.25) is 0 Å². The summed E-state index contributed by atoms with van der Waals surface area (Å²) in [6, 6.07) is 5.16. The molecule has 0 spiro atoms. The molecular weight excluding hydrogens is 309 g/mol. The highest BCUT2D eigenvalue weighted by Crippen LogP contribution is 2.37. The predicted molar refractivity (Wildman–Crippen MR) is 68.4 cm³/mol. The molecule has 22 heavy (non-hydrogen) atoms. The second kappa shape index (κ2) is 5.63. The van der Waals surface area contributed by atoms with Crippen LogP contribution in [-0.4, -0.2) is 11.2 Å². The molecule has 0 heterocycles. The van der Waals surface area contributed by atoms with Crippen LogP contribution in [0.25, 0.3) is 11.1 Å². The lowest BCUT2D eigenvalue weighted by atomic mass is 10.00. The Balaban J connectivity index is 2.66. The van der Waals surface area contributed by atoms with Gasteiger partial charge in [0.15, 0.2) is 0 Å². The number of halogens is 5. The first kappa shape index (κ1) is 15.7. The number of alkyl halides is 3. The third kappa shape index (κ3) is 3.16. The predicted octanol–water partition coefficient (Wildman–Crippen LogP) is 4.74. The van der Waals surface area contributed by atoms with Gasteiger partial charge in [-0.05, 0) is 24.3 Å². The van der Waals surface area contributed by atoms with E-state index in [0.29, 0.717) is 6.07 Å². The smallest absolute Gasteiger partial charge is 0.419 e. The van der Waals surface area contributed by atoms with Crippen molar-refractivity contribution in [1.82, 2.24) is 0 Å². The Labute approximate surface area is 121 Å². The third-order valence-corrected chi connectivity index (χ3v) is 2.82. The fourth-order valence-corrected chi connectivity index (χ4v) is 1.92. The molecule has 0 atom stereocenters. The number of carbonyl (C=O) groups is 1. The van der Waals surface area contributed by atoms with Gasteiger partial charge in [-0.3, -0.25) is 5.32 Å². The molecule has 2 N–H and O–H groups in total. The van der Waals surface area contributed by atoms with Crippen LogP contribution in [0.3, 0.4) is 0 Å². The number of hydrogen-bond donors (Lipinski definition) is 2. The van der Waals surface area contributed by atoms with Crippen molar-refractivity contribution in [2.24, 2.45) is 0 Å². The molecule has 0 fully saturated rings. The van der Waals surface area contributed by atoms with Gasteiger partial charge in [0.05, 0.1) is 11.3 Å². The third-order valence-electron chi connectivity index (χ3n) is 2.82. The summed E-state index contributed by atoms with van der Waals surface area (Å²) in [5.41, 5.74) is -2.63. The van der Waals surface area contributed by atoms with Crippen LogP contribution >= 0.6 is 0 Å². The van der Waals surface area contributed by atoms with Crippen molar-refractivity contribution in [3.8, 4) is 11.1 Å². The molecule has 2 rings (SSSR count). The minimum absolute atomic E-state index is 0.230. The number of anilines is 1. The minimum atomic E-state index is -4.92. The highest BCUT2D eigenvalue weighted by molar-refractivity contribution is 5.90. The van der Waals surface area contributed by atoms with Crippen molar-refractivity contribution in [3.05, 3.63) is 53.6 Å². The summed E-state index contributed by atoms with van der Waals surface area (Å²) >= 11 is 0. The summed E-state index contributed by atoms with van der Waals surface area (Å²) in [5.74, 6) is -2.45. The maximum atomic E-state index is 14.1. The Hall–Kier alpha value is -2.64. The molecule has 0 aliphatic heterocycles. The lowest BCUT2D eigenvalue weighted by Gasteiger charge is -2.14. The van der Waals surface area contributed by atoms with Crippen LogP contribution in [0, 0.1) is 11.6 Å². The summed E-state index contributed by atoms with van der Waals surface area (Å²) < 4.78 is 65.5. The van der Waals surface area contributed by atoms with Crippen LogP contribution in [0.5, 0.6) is 0 Å². The van der Waals surface area contributed by atoms with E-state index < -0.39 is 35.0 Å². The molecule has 8 heteroatoms. The van der Waals surface area contributed by atoms with Crippen molar-refractivity contribution in [2.45, 2.75) is 6.18 Å². The molecule has 0 unspecified atom stereocenters. The van der Waals surface area contributed by atoms with Crippen LogP contribution in [0.15, 0.2) is 36.4 Å². The lowest BCUT2D eigenvalue weighted by molar-refractivity contribution is -0.139. The fraction of sp³-hybridized carbons (Fsp3) is 0.0714. The maximum Gasteiger partial charge on any atom is 0.419 e. The number of amides is 1. The Morgan fingerprint density at radius 3 is 2.32 bits per heavy atom. The molecule has 2 aromatic carbocycles. The van der Waals surface area contributed by atoms with Crippen molar-refractivity contribution >= 4 is 11.8 Å². The lowest BCUT2D eigenvalue weighted by Crippen LogP contribution is -2.11. The van der Waals surface area contributed by atoms with Crippen molar-refractivity contribution < 1.29 is 31.9 Å². The molecule has 0 aliphatic rings. The largest absolute Gasteiger partial charge is 0.465 e. The first-order valence-electron chi connectivity index (χ1n) is 5.85. The molecular formula is C14H8F5NO2. The number of carboxylic acid groups (broad SMARTS) is 1. The van der Waals surface area contributed by atoms with Crippen molar-refractivity contribution in [1.29, 1.82) is 0 Å². The normalized spacial score (nSPS) is 11.3. The van der Waals surface area contributed by atoms with Gasteiger partial charge >= 0.3 is 12.3 Å². The topological polar surface area (TPSA) is 49.3 Å². The van der Waals surface area contributed by atoms with E-state index in [-0.39, 0.29) is 11.3 Å². The van der Waals surface area contributed by atoms with Crippen LogP contribution in [0.4, 0.5) is 32.4 Å². The summed E-state index contributed by atoms with van der Waals surface area (Å²) in [4.78, 5) is 10.7. The second-order valence-electron chi connectivity index (χ2n) is 4.28. The molecule has 0 saturated carbocycles. The zero-order valence-corrected chi connectivity index (χ0v) is 10.7. The van der Waals surface area contributed by atoms with Gasteiger partial charge in [-0.25, -0.2) is 13.6 Å². The van der Waals surface area contributed by atoms with Gasteiger partial charge in [0.1, 0.15) is 11.6 Å². The monoisotopic (exact) mass is 317 g/mol. The molecule has 116 valence electrons. The zero-order chi connectivity index (χ0) is 16.5. The average Bonchev–Trinajstić information content (AvgIpc) is 2.39. The van der Waals surface area contributed by atoms with Gasteiger partial charge in [0.25, 0.3) is 0 Å². The van der Waals surface area contributed by atoms with Gasteiger partial charge in [-0.15, -0.1) is 0 Å². The summed E-state index contributed by atoms with van der Waals surface area (Å²) in [6.07, 6.45) is -6.44. The molecule has 0 saturated heterocycles. The zero-order valence-electron chi connectivity index (χ0n) is 10.7. The standard InChI is InChI=1S/C14H8F5NO2/c15-7-4-5-11(20-13(21)22)9(6-7)8-2-1-3-10(12(8)16)14(17,18)19/h1-6,20H,(H,21,22). The van der Waals surface area contributed by atoms with Gasteiger partial charge < -0.3 is 5.11 Å². The maximum absolute atomic E-state index is 14.1. The quantitative estimate of drug-likeness (QED) is 0.786. The average molecular weight is 317 g/mol. The first-order chi connectivity index (χ1) is 10.2. The van der Waals surface area contributed by atoms with Gasteiger partial charge in [-0.2, -0.15) is 13.2 Å². The van der Waals surface area contributed by atoms with E-state index in [0.717, 1.165) is 30.3 Å². The molecule has 1 amide bonds. The highest BCUT2D eigenvalue weighted by atomic mass is 19.4. The van der Waals surface area contributed by atoms with E-state index in [2.05, 4.69) is 0 Å². The Morgan fingerprint density at radius 1 is 1.05 bits per heavy atom. The van der Waals surface area contributed by atoms with E-state index in [1.165, 1.54) is 0 Å². The van der Waals surface area contributed by atoms with Crippen molar-refractivity contribution in [2.75, 3.05) is 5.32 Å². The Kier molecular flexibility index (Phi) is 4.03. The number of nitrogens with one attached hydrogen (secondary N) is 1. The van der Waals surface area contributed by atoms with Crippen LogP contribution in [0.2, 0.25) is 0 Å². The summed E-state index contributed by atoms with van der Waals surface area (Å²) in [5, 5.41) is 10.6. The Bertz CT molecular complexity index is 728. The number of rotatable bonds is 2. The van der Waals surface area contributed by atoms with Crippen LogP contribution in [0.1, 0.15) is 5.56 Å². The fourth-order valence-electron chi connectivity index (χ4n) is 1.92. The molecule has 0 bridgehead atoms. The minimum Gasteiger partial charge on any atom is -0.465 e. The van der Waals surface area contributed by atoms with Crippen molar-refractivity contribution in [3.63, 3.8) is 0 Å². The van der Waals surface area contributed by atoms with Crippen LogP contribution in [-0.2, 0) is 6.18 Å². The first-order valence-corrected chi connectivity index (χ1v) is 5.85. The second-order valence-corrected chi connectivity index (χ2v) is 4.28. The highest BCUT2D eigenvalue weighted by Gasteiger charge is 2.35. The molecule has 2 aromatic rings. The summed E-state index contributed by atoms with van der Waals surface area (Å²) in [6.45, 7) is 0. The van der Waals surface area contributed by atoms with E-state index in [1.54, 1.807) is 0 Å². The van der Waals surface area contributed by atoms with Gasteiger partial charge in [0, 0.05) is 11.1 Å². The molecule has 3 nitrogen and oxygen atoms in total. The SMILES string of the molecule is O=C(O)Nc1ccc(F)cc1-c1cccc(C(F)(F)F)c1F. The van der Waals surface area contributed by atoms with E-state index in [9.17, 15) is 26.7 Å². The Morgan fingerprint density at radius 2 is 1.73 bits per heavy atom. The summed E-state index contributed by atoms with van der Waals surface area (Å²) in [7, 11) is 0. The number of benzene rings is 2. The molecule has 0 radical (unpaired) electrons. The van der Waals surface area contributed by atoms with Gasteiger partial charge in [-0.1, -0.05) is 12.1 Å². The number of hydrogen-bond acceptors (Lipinski definition) is 1. The van der Waals surface area contributed by atoms with E-state index in [4.69, 9.17) is 5.11 Å². The van der Waals surface area contributed by atoms with E-state index in [1.807, 2.05) is 5.32 Å². The van der Waals surface area contributed by atoms with Crippen LogP contribution < -0.4 is 5.32 Å². The van der Waals surface area contributed by atoms with E-state index >= 15 is 0 Å². The molecule has 0 aliphatic carbocycles.